The molecule has 0 amide bonds. The van der Waals surface area contributed by atoms with E-state index in [2.05, 4.69) is 50.4 Å². The number of nitrogens with two attached hydrogens (primary N) is 1. The third-order valence-electron chi connectivity index (χ3n) is 3.39. The molecule has 0 unspecified atom stereocenters. The third kappa shape index (κ3) is 3.42. The van der Waals surface area contributed by atoms with Crippen LogP contribution in [-0.4, -0.2) is 44.7 Å². The fourth-order valence-corrected chi connectivity index (χ4v) is 3.30. The average Bonchev–Trinajstić information content (AvgIpc) is 2.47. The molecular weight excluding hydrogens is 381 g/mol. The lowest BCUT2D eigenvalue weighted by Gasteiger charge is -2.41. The van der Waals surface area contributed by atoms with E-state index in [1.807, 2.05) is 0 Å². The van der Waals surface area contributed by atoms with Crippen LogP contribution in [0.5, 0.6) is 0 Å². The van der Waals surface area contributed by atoms with Crippen molar-refractivity contribution < 1.29 is 23.6 Å². The molecule has 3 atom stereocenters. The van der Waals surface area contributed by atoms with Crippen LogP contribution >= 0.6 is 33.1 Å². The van der Waals surface area contributed by atoms with Gasteiger partial charge in [0, 0.05) is 9.81 Å². The number of hydrogen-bond acceptors (Lipinski definition) is 10. The van der Waals surface area contributed by atoms with Gasteiger partial charge in [-0.25, -0.2) is 4.57 Å². The molecule has 132 valence electrons. The second-order valence-corrected chi connectivity index (χ2v) is 7.25. The van der Waals surface area contributed by atoms with Crippen molar-refractivity contribution in [3.05, 3.63) is 20.2 Å². The molecular formula is C10H14N5O6PS2. The summed E-state index contributed by atoms with van der Waals surface area (Å²) in [5.74, 6) is 0.121. The van der Waals surface area contributed by atoms with Gasteiger partial charge < -0.3 is 30.9 Å². The lowest BCUT2D eigenvalue weighted by molar-refractivity contribution is -0.0153. The van der Waals surface area contributed by atoms with E-state index in [1.165, 1.54) is 0 Å². The minimum absolute atomic E-state index is 0.0692. The molecule has 2 aliphatic heterocycles. The first-order chi connectivity index (χ1) is 11.2. The Bertz CT molecular complexity index is 809. The van der Waals surface area contributed by atoms with Gasteiger partial charge in [0.15, 0.2) is 12.0 Å². The summed E-state index contributed by atoms with van der Waals surface area (Å²) in [4.78, 5) is 36.7. The van der Waals surface area contributed by atoms with Gasteiger partial charge >= 0.3 is 7.82 Å². The van der Waals surface area contributed by atoms with Crippen molar-refractivity contribution >= 4 is 50.5 Å². The fraction of sp³-hybridized carbons (Fsp3) is 0.400. The molecule has 0 saturated heterocycles. The van der Waals surface area contributed by atoms with Crippen LogP contribution in [0.2, 0.25) is 0 Å². The SMILES string of the molecule is Nc1nc2c(c(=O)[nH]1)N[C@H]1C(S)=C(S)[C@@H](COP(=O)(O)O)O[C@H]1N2. The van der Waals surface area contributed by atoms with Crippen LogP contribution in [0.25, 0.3) is 0 Å². The smallest absolute Gasteiger partial charge is 0.369 e. The number of H-pyrrole nitrogens is 1. The van der Waals surface area contributed by atoms with E-state index in [-0.39, 0.29) is 17.5 Å². The first kappa shape index (κ1) is 17.6. The predicted octanol–water partition coefficient (Wildman–Crippen LogP) is -0.537. The van der Waals surface area contributed by atoms with Crippen LogP contribution in [0.3, 0.4) is 0 Å². The zero-order valence-electron chi connectivity index (χ0n) is 11.8. The second-order valence-electron chi connectivity index (χ2n) is 5.04. The van der Waals surface area contributed by atoms with E-state index in [9.17, 15) is 9.36 Å². The van der Waals surface area contributed by atoms with Crippen LogP contribution in [0.15, 0.2) is 14.6 Å². The number of thiol groups is 2. The van der Waals surface area contributed by atoms with Crippen molar-refractivity contribution in [3.8, 4) is 0 Å². The Hall–Kier alpha value is -1.21. The molecule has 7 N–H and O–H groups in total. The summed E-state index contributed by atoms with van der Waals surface area (Å²) >= 11 is 8.63. The Morgan fingerprint density at radius 1 is 1.33 bits per heavy atom. The van der Waals surface area contributed by atoms with E-state index in [0.29, 0.717) is 9.81 Å². The first-order valence-electron chi connectivity index (χ1n) is 6.56. The van der Waals surface area contributed by atoms with Crippen LogP contribution in [0, 0.1) is 0 Å². The van der Waals surface area contributed by atoms with Crippen molar-refractivity contribution in [2.75, 3.05) is 23.0 Å². The van der Waals surface area contributed by atoms with E-state index >= 15 is 0 Å². The zero-order chi connectivity index (χ0) is 17.6. The number of fused-ring (bicyclic) bond motifs is 2. The van der Waals surface area contributed by atoms with E-state index < -0.39 is 38.4 Å². The third-order valence-corrected chi connectivity index (χ3v) is 5.10. The fourth-order valence-electron chi connectivity index (χ4n) is 2.35. The molecule has 0 spiro atoms. The van der Waals surface area contributed by atoms with Crippen LogP contribution in [0.4, 0.5) is 17.5 Å². The normalized spacial score (nSPS) is 26.2. The number of aromatic nitrogens is 2. The van der Waals surface area contributed by atoms with Gasteiger partial charge in [-0.3, -0.25) is 14.3 Å². The van der Waals surface area contributed by atoms with Gasteiger partial charge in [-0.15, -0.1) is 25.3 Å². The van der Waals surface area contributed by atoms with Gasteiger partial charge in [0.25, 0.3) is 5.56 Å². The highest BCUT2D eigenvalue weighted by Crippen LogP contribution is 2.40. The summed E-state index contributed by atoms with van der Waals surface area (Å²) in [5.41, 5.74) is 5.22. The minimum Gasteiger partial charge on any atom is -0.369 e. The lowest BCUT2D eigenvalue weighted by Crippen LogP contribution is -2.52. The van der Waals surface area contributed by atoms with Gasteiger partial charge in [0.2, 0.25) is 5.95 Å². The maximum Gasteiger partial charge on any atom is 0.469 e. The first-order valence-corrected chi connectivity index (χ1v) is 8.98. The van der Waals surface area contributed by atoms with Crippen LogP contribution in [-0.2, 0) is 13.8 Å². The number of phosphoric acid groups is 1. The highest BCUT2D eigenvalue weighted by Gasteiger charge is 2.40. The molecule has 24 heavy (non-hydrogen) atoms. The Morgan fingerprint density at radius 3 is 2.71 bits per heavy atom. The number of phosphoric ester groups is 1. The molecule has 14 heteroatoms. The molecule has 0 aliphatic carbocycles. The maximum absolute atomic E-state index is 11.9. The zero-order valence-corrected chi connectivity index (χ0v) is 14.5. The molecule has 3 rings (SSSR count). The number of hydrogen-bond donors (Lipinski definition) is 8. The quantitative estimate of drug-likeness (QED) is 0.245. The summed E-state index contributed by atoms with van der Waals surface area (Å²) < 4.78 is 21.0. The van der Waals surface area contributed by atoms with E-state index in [1.54, 1.807) is 0 Å². The maximum atomic E-state index is 11.9. The number of aromatic amines is 1. The van der Waals surface area contributed by atoms with Crippen molar-refractivity contribution in [1.29, 1.82) is 0 Å². The molecule has 0 fully saturated rings. The summed E-state index contributed by atoms with van der Waals surface area (Å²) in [6.45, 7) is -0.421. The van der Waals surface area contributed by atoms with Crippen molar-refractivity contribution in [1.82, 2.24) is 9.97 Å². The molecule has 0 saturated carbocycles. The van der Waals surface area contributed by atoms with Gasteiger partial charge in [-0.05, 0) is 0 Å². The second kappa shape index (κ2) is 6.26. The van der Waals surface area contributed by atoms with Gasteiger partial charge in [0.1, 0.15) is 17.8 Å². The van der Waals surface area contributed by atoms with Gasteiger partial charge in [0.05, 0.1) is 6.61 Å². The Morgan fingerprint density at radius 2 is 2.04 bits per heavy atom. The highest BCUT2D eigenvalue weighted by atomic mass is 32.1. The van der Waals surface area contributed by atoms with Gasteiger partial charge in [-0.1, -0.05) is 0 Å². The van der Waals surface area contributed by atoms with Crippen LogP contribution in [0.1, 0.15) is 0 Å². The van der Waals surface area contributed by atoms with Crippen molar-refractivity contribution in [2.45, 2.75) is 18.4 Å². The number of ether oxygens (including phenoxy) is 1. The summed E-state index contributed by atoms with van der Waals surface area (Å²) in [6, 6.07) is -0.550. The van der Waals surface area contributed by atoms with E-state index in [4.69, 9.17) is 20.3 Å². The number of nitrogens with zero attached hydrogens (tertiary/aromatic N) is 1. The Balaban J connectivity index is 1.88. The van der Waals surface area contributed by atoms with Crippen LogP contribution < -0.4 is 21.9 Å². The topological polar surface area (TPSA) is 172 Å². The van der Waals surface area contributed by atoms with E-state index in [0.717, 1.165) is 0 Å². The molecule has 0 bridgehead atoms. The Kier molecular flexibility index (Phi) is 4.59. The standard InChI is InChI=1S/C10H14N5O6PS2/c11-10-14-7-4(8(16)15-10)12-3-6(24)5(23)2(21-9(3)13-7)1-20-22(17,18)19/h2-3,9,12,23-24H,1H2,(H2,17,18,19)(H4,11,13,14,15,16)/t2-,3+,9-/m1/s1. The summed E-state index contributed by atoms with van der Waals surface area (Å²) in [7, 11) is -4.65. The molecule has 3 heterocycles. The van der Waals surface area contributed by atoms with Crippen molar-refractivity contribution in [2.24, 2.45) is 0 Å². The lowest BCUT2D eigenvalue weighted by atomic mass is 10.1. The predicted molar refractivity (Wildman–Crippen MR) is 92.0 cm³/mol. The molecule has 1 aromatic rings. The Labute approximate surface area is 146 Å². The summed E-state index contributed by atoms with van der Waals surface area (Å²) in [6.07, 6.45) is -1.58. The average molecular weight is 395 g/mol. The van der Waals surface area contributed by atoms with Crippen molar-refractivity contribution in [3.63, 3.8) is 0 Å². The molecule has 11 nitrogen and oxygen atoms in total. The number of anilines is 3. The number of rotatable bonds is 3. The monoisotopic (exact) mass is 395 g/mol. The molecule has 2 aliphatic rings. The molecule has 0 aromatic carbocycles. The summed E-state index contributed by atoms with van der Waals surface area (Å²) in [5, 5.41) is 5.84. The largest absolute Gasteiger partial charge is 0.469 e. The molecule has 0 radical (unpaired) electrons. The minimum atomic E-state index is -4.65. The van der Waals surface area contributed by atoms with Gasteiger partial charge in [-0.2, -0.15) is 4.98 Å². The molecule has 1 aromatic heterocycles. The highest BCUT2D eigenvalue weighted by molar-refractivity contribution is 7.88. The number of nitrogen functional groups attached to an aromatic ring is 1. The number of nitrogens with one attached hydrogen (secondary N) is 3.